The Labute approximate surface area is 72.9 Å². The number of hydrazine groups is 1. The van der Waals surface area contributed by atoms with Gasteiger partial charge >= 0.3 is 0 Å². The fourth-order valence-electron chi connectivity index (χ4n) is 1.27. The Morgan fingerprint density at radius 2 is 2.17 bits per heavy atom. The van der Waals surface area contributed by atoms with Crippen LogP contribution in [-0.4, -0.2) is 0 Å². The monoisotopic (exact) mass is 168 g/mol. The van der Waals surface area contributed by atoms with E-state index >= 15 is 0 Å². The van der Waals surface area contributed by atoms with Gasteiger partial charge < -0.3 is 4.42 Å². The first kappa shape index (κ1) is 9.29. The Bertz CT molecular complexity index is 242. The average Bonchev–Trinajstić information content (AvgIpc) is 2.38. The van der Waals surface area contributed by atoms with Crippen LogP contribution in [0.4, 0.5) is 0 Å². The molecule has 12 heavy (non-hydrogen) atoms. The van der Waals surface area contributed by atoms with Crippen LogP contribution in [0, 0.1) is 12.8 Å². The second kappa shape index (κ2) is 3.74. The van der Waals surface area contributed by atoms with Crippen molar-refractivity contribution in [3.63, 3.8) is 0 Å². The van der Waals surface area contributed by atoms with Crippen molar-refractivity contribution in [2.24, 2.45) is 11.8 Å². The van der Waals surface area contributed by atoms with Gasteiger partial charge in [0.2, 0.25) is 0 Å². The number of aryl methyl sites for hydroxylation is 1. The molecule has 68 valence electrons. The van der Waals surface area contributed by atoms with Crippen LogP contribution in [0.25, 0.3) is 0 Å². The maximum atomic E-state index is 5.42. The second-order valence-corrected chi connectivity index (χ2v) is 3.36. The van der Waals surface area contributed by atoms with Gasteiger partial charge in [0.15, 0.2) is 0 Å². The predicted molar refractivity (Wildman–Crippen MR) is 48.3 cm³/mol. The lowest BCUT2D eigenvalue weighted by Gasteiger charge is -2.17. The topological polar surface area (TPSA) is 51.2 Å². The molecule has 1 rings (SSSR count). The standard InChI is InChI=1S/C9H16N2O/c1-6(2)8(11-10)9-7(3)4-5-12-9/h4-6,8,11H,10H2,1-3H3. The van der Waals surface area contributed by atoms with Gasteiger partial charge in [0.1, 0.15) is 5.76 Å². The molecule has 0 aliphatic heterocycles. The highest BCUT2D eigenvalue weighted by molar-refractivity contribution is 5.18. The molecule has 1 unspecified atom stereocenters. The van der Waals surface area contributed by atoms with E-state index in [1.165, 1.54) is 0 Å². The second-order valence-electron chi connectivity index (χ2n) is 3.36. The van der Waals surface area contributed by atoms with E-state index in [2.05, 4.69) is 19.3 Å². The molecule has 0 aromatic carbocycles. The molecule has 1 heterocycles. The normalized spacial score (nSPS) is 13.8. The summed E-state index contributed by atoms with van der Waals surface area (Å²) in [6.45, 7) is 6.23. The number of hydrogen-bond acceptors (Lipinski definition) is 3. The van der Waals surface area contributed by atoms with Crippen molar-refractivity contribution < 1.29 is 4.42 Å². The Hall–Kier alpha value is -0.800. The van der Waals surface area contributed by atoms with Crippen molar-refractivity contribution in [3.05, 3.63) is 23.7 Å². The predicted octanol–water partition coefficient (Wildman–Crippen LogP) is 1.75. The molecule has 0 spiro atoms. The van der Waals surface area contributed by atoms with E-state index in [-0.39, 0.29) is 6.04 Å². The van der Waals surface area contributed by atoms with Gasteiger partial charge in [-0.15, -0.1) is 0 Å². The van der Waals surface area contributed by atoms with Gasteiger partial charge in [-0.1, -0.05) is 13.8 Å². The van der Waals surface area contributed by atoms with Crippen LogP contribution in [-0.2, 0) is 0 Å². The van der Waals surface area contributed by atoms with Gasteiger partial charge in [0.05, 0.1) is 12.3 Å². The van der Waals surface area contributed by atoms with E-state index in [9.17, 15) is 0 Å². The highest BCUT2D eigenvalue weighted by Crippen LogP contribution is 2.24. The summed E-state index contributed by atoms with van der Waals surface area (Å²) in [5, 5.41) is 0. The van der Waals surface area contributed by atoms with E-state index < -0.39 is 0 Å². The Balaban J connectivity index is 2.87. The third kappa shape index (κ3) is 1.68. The molecule has 0 bridgehead atoms. The Morgan fingerprint density at radius 1 is 1.50 bits per heavy atom. The quantitative estimate of drug-likeness (QED) is 0.534. The molecular formula is C9H16N2O. The minimum Gasteiger partial charge on any atom is -0.467 e. The molecule has 0 radical (unpaired) electrons. The number of nitrogens with one attached hydrogen (secondary N) is 1. The number of hydrogen-bond donors (Lipinski definition) is 2. The Morgan fingerprint density at radius 3 is 2.50 bits per heavy atom. The maximum Gasteiger partial charge on any atom is 0.125 e. The largest absolute Gasteiger partial charge is 0.467 e. The van der Waals surface area contributed by atoms with Gasteiger partial charge in [-0.25, -0.2) is 5.43 Å². The van der Waals surface area contributed by atoms with Crippen LogP contribution in [0.1, 0.15) is 31.2 Å². The van der Waals surface area contributed by atoms with E-state index in [0.717, 1.165) is 11.3 Å². The van der Waals surface area contributed by atoms with Crippen LogP contribution in [0.3, 0.4) is 0 Å². The zero-order chi connectivity index (χ0) is 9.14. The minimum atomic E-state index is 0.111. The summed E-state index contributed by atoms with van der Waals surface area (Å²) in [5.74, 6) is 6.79. The fourth-order valence-corrected chi connectivity index (χ4v) is 1.27. The summed E-state index contributed by atoms with van der Waals surface area (Å²) in [6, 6.07) is 2.06. The van der Waals surface area contributed by atoms with Crippen LogP contribution in [0.2, 0.25) is 0 Å². The smallest absolute Gasteiger partial charge is 0.125 e. The lowest BCUT2D eigenvalue weighted by Crippen LogP contribution is -2.31. The van der Waals surface area contributed by atoms with Crippen molar-refractivity contribution in [1.29, 1.82) is 0 Å². The highest BCUT2D eigenvalue weighted by Gasteiger charge is 2.18. The summed E-state index contributed by atoms with van der Waals surface area (Å²) >= 11 is 0. The molecule has 3 heteroatoms. The van der Waals surface area contributed by atoms with Crippen molar-refractivity contribution in [2.75, 3.05) is 0 Å². The van der Waals surface area contributed by atoms with Crippen molar-refractivity contribution in [1.82, 2.24) is 5.43 Å². The lowest BCUT2D eigenvalue weighted by molar-refractivity contribution is 0.344. The molecular weight excluding hydrogens is 152 g/mol. The van der Waals surface area contributed by atoms with Crippen molar-refractivity contribution >= 4 is 0 Å². The molecule has 3 N–H and O–H groups in total. The third-order valence-corrected chi connectivity index (χ3v) is 2.03. The first-order valence-corrected chi connectivity index (χ1v) is 4.17. The molecule has 1 aromatic heterocycles. The number of rotatable bonds is 3. The SMILES string of the molecule is Cc1ccoc1C(NN)C(C)C. The van der Waals surface area contributed by atoms with Crippen LogP contribution >= 0.6 is 0 Å². The molecule has 1 atom stereocenters. The summed E-state index contributed by atoms with van der Waals surface area (Å²) in [5.41, 5.74) is 3.90. The first-order valence-electron chi connectivity index (χ1n) is 4.17. The Kier molecular flexibility index (Phi) is 2.89. The van der Waals surface area contributed by atoms with Crippen LogP contribution < -0.4 is 11.3 Å². The molecule has 0 fully saturated rings. The molecule has 0 aliphatic carbocycles. The zero-order valence-electron chi connectivity index (χ0n) is 7.79. The first-order chi connectivity index (χ1) is 5.66. The van der Waals surface area contributed by atoms with Gasteiger partial charge in [-0.3, -0.25) is 5.84 Å². The van der Waals surface area contributed by atoms with Crippen molar-refractivity contribution in [3.8, 4) is 0 Å². The lowest BCUT2D eigenvalue weighted by atomic mass is 10.0. The fraction of sp³-hybridized carbons (Fsp3) is 0.556. The summed E-state index contributed by atoms with van der Waals surface area (Å²) < 4.78 is 5.34. The van der Waals surface area contributed by atoms with E-state index in [1.54, 1.807) is 6.26 Å². The molecule has 3 nitrogen and oxygen atoms in total. The van der Waals surface area contributed by atoms with Gasteiger partial charge in [0.25, 0.3) is 0 Å². The van der Waals surface area contributed by atoms with E-state index in [0.29, 0.717) is 5.92 Å². The van der Waals surface area contributed by atoms with Crippen LogP contribution in [0.5, 0.6) is 0 Å². The molecule has 0 saturated heterocycles. The molecule has 0 aliphatic rings. The van der Waals surface area contributed by atoms with Gasteiger partial charge in [-0.05, 0) is 24.5 Å². The summed E-state index contributed by atoms with van der Waals surface area (Å²) in [6.07, 6.45) is 1.69. The zero-order valence-corrected chi connectivity index (χ0v) is 7.79. The van der Waals surface area contributed by atoms with Crippen LogP contribution in [0.15, 0.2) is 16.7 Å². The highest BCUT2D eigenvalue weighted by atomic mass is 16.3. The summed E-state index contributed by atoms with van der Waals surface area (Å²) in [7, 11) is 0. The number of nitrogens with two attached hydrogens (primary N) is 1. The molecule has 1 aromatic rings. The molecule has 0 amide bonds. The minimum absolute atomic E-state index is 0.111. The van der Waals surface area contributed by atoms with E-state index in [4.69, 9.17) is 10.3 Å². The number of furan rings is 1. The summed E-state index contributed by atoms with van der Waals surface area (Å²) in [4.78, 5) is 0. The third-order valence-electron chi connectivity index (χ3n) is 2.03. The van der Waals surface area contributed by atoms with E-state index in [1.807, 2.05) is 13.0 Å². The van der Waals surface area contributed by atoms with Gasteiger partial charge in [0, 0.05) is 0 Å². The molecule has 0 saturated carbocycles. The maximum absolute atomic E-state index is 5.42. The van der Waals surface area contributed by atoms with Crippen molar-refractivity contribution in [2.45, 2.75) is 26.8 Å². The van der Waals surface area contributed by atoms with Gasteiger partial charge in [-0.2, -0.15) is 0 Å². The average molecular weight is 168 g/mol.